The van der Waals surface area contributed by atoms with Gasteiger partial charge in [0, 0.05) is 5.69 Å². The van der Waals surface area contributed by atoms with Crippen molar-refractivity contribution in [3.05, 3.63) is 42.1 Å². The summed E-state index contributed by atoms with van der Waals surface area (Å²) in [5, 5.41) is 11.8. The van der Waals surface area contributed by atoms with Crippen LogP contribution in [0.5, 0.6) is 5.75 Å². The van der Waals surface area contributed by atoms with Crippen LogP contribution >= 0.6 is 0 Å². The van der Waals surface area contributed by atoms with Gasteiger partial charge in [0.15, 0.2) is 0 Å². The van der Waals surface area contributed by atoms with Gasteiger partial charge in [-0.15, -0.1) is 0 Å². The molecule has 21 heavy (non-hydrogen) atoms. The maximum Gasteiger partial charge on any atom is 0.387 e. The van der Waals surface area contributed by atoms with Crippen LogP contribution in [0.2, 0.25) is 0 Å². The number of anilines is 3. The molecule has 2 rings (SSSR count). The summed E-state index contributed by atoms with van der Waals surface area (Å²) >= 11 is 0. The van der Waals surface area contributed by atoms with Gasteiger partial charge in [0.05, 0.1) is 17.4 Å². The largest absolute Gasteiger partial charge is 0.478 e. The Hall–Kier alpha value is -2.90. The van der Waals surface area contributed by atoms with Crippen LogP contribution in [0.15, 0.2) is 36.5 Å². The molecular formula is C13H11F2N3O3. The van der Waals surface area contributed by atoms with E-state index in [0.29, 0.717) is 5.69 Å². The van der Waals surface area contributed by atoms with E-state index in [0.717, 1.165) is 0 Å². The van der Waals surface area contributed by atoms with Crippen LogP contribution < -0.4 is 15.8 Å². The van der Waals surface area contributed by atoms with Crippen molar-refractivity contribution in [2.24, 2.45) is 0 Å². The zero-order chi connectivity index (χ0) is 15.4. The Morgan fingerprint density at radius 1 is 1.33 bits per heavy atom. The van der Waals surface area contributed by atoms with Crippen LogP contribution in [0, 0.1) is 0 Å². The predicted octanol–water partition coefficient (Wildman–Crippen LogP) is 2.71. The first kappa shape index (κ1) is 14.5. The third-order valence-corrected chi connectivity index (χ3v) is 2.52. The van der Waals surface area contributed by atoms with E-state index in [2.05, 4.69) is 15.0 Å². The van der Waals surface area contributed by atoms with Crippen LogP contribution in [-0.4, -0.2) is 22.7 Å². The molecule has 1 aromatic carbocycles. The SMILES string of the molecule is Nc1cnc(Nc2ccc(OC(F)F)cc2)cc1C(=O)O. The van der Waals surface area contributed by atoms with E-state index in [1.807, 2.05) is 0 Å². The van der Waals surface area contributed by atoms with Crippen molar-refractivity contribution in [1.82, 2.24) is 4.98 Å². The number of alkyl halides is 2. The number of nitrogen functional groups attached to an aromatic ring is 1. The number of rotatable bonds is 5. The Kier molecular flexibility index (Phi) is 4.17. The van der Waals surface area contributed by atoms with E-state index in [1.165, 1.54) is 36.5 Å². The first-order chi connectivity index (χ1) is 9.95. The van der Waals surface area contributed by atoms with E-state index in [9.17, 15) is 13.6 Å². The number of aromatic carboxylic acids is 1. The molecule has 0 saturated heterocycles. The summed E-state index contributed by atoms with van der Waals surface area (Å²) in [5.41, 5.74) is 6.00. The monoisotopic (exact) mass is 295 g/mol. The number of nitrogens with zero attached hydrogens (tertiary/aromatic N) is 1. The van der Waals surface area contributed by atoms with Crippen LogP contribution in [0.4, 0.5) is 26.0 Å². The van der Waals surface area contributed by atoms with Gasteiger partial charge in [-0.05, 0) is 30.3 Å². The molecule has 0 radical (unpaired) electrons. The molecule has 1 aromatic heterocycles. The quantitative estimate of drug-likeness (QED) is 0.784. The highest BCUT2D eigenvalue weighted by Crippen LogP contribution is 2.22. The van der Waals surface area contributed by atoms with E-state index < -0.39 is 12.6 Å². The number of pyridine rings is 1. The number of nitrogens with one attached hydrogen (secondary N) is 1. The molecule has 6 nitrogen and oxygen atoms in total. The molecule has 0 unspecified atom stereocenters. The van der Waals surface area contributed by atoms with Crippen molar-refractivity contribution in [3.8, 4) is 5.75 Å². The number of carboxylic acid groups (broad SMARTS) is 1. The lowest BCUT2D eigenvalue weighted by molar-refractivity contribution is -0.0498. The highest BCUT2D eigenvalue weighted by molar-refractivity contribution is 5.94. The van der Waals surface area contributed by atoms with Crippen LogP contribution in [0.3, 0.4) is 0 Å². The highest BCUT2D eigenvalue weighted by Gasteiger charge is 2.10. The van der Waals surface area contributed by atoms with Gasteiger partial charge in [0.1, 0.15) is 11.6 Å². The van der Waals surface area contributed by atoms with Crippen molar-refractivity contribution in [2.45, 2.75) is 6.61 Å². The van der Waals surface area contributed by atoms with Gasteiger partial charge in [0.2, 0.25) is 0 Å². The second kappa shape index (κ2) is 6.04. The molecule has 0 atom stereocenters. The maximum absolute atomic E-state index is 12.0. The van der Waals surface area contributed by atoms with Gasteiger partial charge in [-0.3, -0.25) is 0 Å². The minimum atomic E-state index is -2.89. The van der Waals surface area contributed by atoms with Gasteiger partial charge in [-0.1, -0.05) is 0 Å². The summed E-state index contributed by atoms with van der Waals surface area (Å²) < 4.78 is 28.2. The molecule has 0 saturated carbocycles. The molecule has 110 valence electrons. The molecule has 0 amide bonds. The Morgan fingerprint density at radius 3 is 2.57 bits per heavy atom. The standard InChI is InChI=1S/C13H11F2N3O3/c14-13(15)21-8-3-1-7(2-4-8)18-11-5-9(12(19)20)10(16)6-17-11/h1-6,13H,16H2,(H,17,18)(H,19,20). The van der Waals surface area contributed by atoms with Gasteiger partial charge >= 0.3 is 12.6 Å². The second-order valence-corrected chi connectivity index (χ2v) is 3.99. The number of hydrogen-bond donors (Lipinski definition) is 3. The fraction of sp³-hybridized carbons (Fsp3) is 0.0769. The summed E-state index contributed by atoms with van der Waals surface area (Å²) in [4.78, 5) is 14.9. The van der Waals surface area contributed by atoms with E-state index in [4.69, 9.17) is 10.8 Å². The third kappa shape index (κ3) is 3.78. The third-order valence-electron chi connectivity index (χ3n) is 2.52. The zero-order valence-electron chi connectivity index (χ0n) is 10.6. The number of ether oxygens (including phenoxy) is 1. The van der Waals surface area contributed by atoms with Crippen LogP contribution in [0.1, 0.15) is 10.4 Å². The van der Waals surface area contributed by atoms with E-state index >= 15 is 0 Å². The Bertz CT molecular complexity index is 648. The number of benzene rings is 1. The first-order valence-corrected chi connectivity index (χ1v) is 5.76. The van der Waals surface area contributed by atoms with Gasteiger partial charge in [-0.25, -0.2) is 9.78 Å². The number of aromatic nitrogens is 1. The molecule has 8 heteroatoms. The molecule has 0 aliphatic carbocycles. The molecule has 4 N–H and O–H groups in total. The number of carbonyl (C=O) groups is 1. The first-order valence-electron chi connectivity index (χ1n) is 5.76. The highest BCUT2D eigenvalue weighted by atomic mass is 19.3. The maximum atomic E-state index is 12.0. The van der Waals surface area contributed by atoms with Gasteiger partial charge < -0.3 is 20.9 Å². The molecule has 0 aliphatic rings. The molecule has 0 fully saturated rings. The number of carboxylic acids is 1. The summed E-state index contributed by atoms with van der Waals surface area (Å²) in [5.74, 6) is -0.880. The van der Waals surface area contributed by atoms with Crippen molar-refractivity contribution in [2.75, 3.05) is 11.1 Å². The van der Waals surface area contributed by atoms with E-state index in [-0.39, 0.29) is 22.8 Å². The van der Waals surface area contributed by atoms with Crippen molar-refractivity contribution < 1.29 is 23.4 Å². The van der Waals surface area contributed by atoms with Gasteiger partial charge in [0.25, 0.3) is 0 Å². The molecular weight excluding hydrogens is 284 g/mol. The number of nitrogens with two attached hydrogens (primary N) is 1. The molecule has 0 bridgehead atoms. The predicted molar refractivity (Wildman–Crippen MR) is 72.0 cm³/mol. The fourth-order valence-corrected chi connectivity index (χ4v) is 1.59. The van der Waals surface area contributed by atoms with Crippen molar-refractivity contribution in [1.29, 1.82) is 0 Å². The molecule has 0 aliphatic heterocycles. The Morgan fingerprint density at radius 2 is 2.00 bits per heavy atom. The normalized spacial score (nSPS) is 10.4. The van der Waals surface area contributed by atoms with Crippen molar-refractivity contribution >= 4 is 23.2 Å². The summed E-state index contributed by atoms with van der Waals surface area (Å²) in [7, 11) is 0. The lowest BCUT2D eigenvalue weighted by Gasteiger charge is -2.09. The lowest BCUT2D eigenvalue weighted by Crippen LogP contribution is -2.05. The summed E-state index contributed by atoms with van der Waals surface area (Å²) in [6.45, 7) is -2.89. The zero-order valence-corrected chi connectivity index (χ0v) is 10.6. The van der Waals surface area contributed by atoms with Crippen LogP contribution in [0.25, 0.3) is 0 Å². The summed E-state index contributed by atoms with van der Waals surface area (Å²) in [6.07, 6.45) is 1.22. The molecule has 2 aromatic rings. The Labute approximate surface area is 118 Å². The topological polar surface area (TPSA) is 97.5 Å². The smallest absolute Gasteiger partial charge is 0.387 e. The fourth-order valence-electron chi connectivity index (χ4n) is 1.59. The molecule has 0 spiro atoms. The van der Waals surface area contributed by atoms with Gasteiger partial charge in [-0.2, -0.15) is 8.78 Å². The van der Waals surface area contributed by atoms with E-state index in [1.54, 1.807) is 0 Å². The van der Waals surface area contributed by atoms with Crippen molar-refractivity contribution in [3.63, 3.8) is 0 Å². The average Bonchev–Trinajstić information content (AvgIpc) is 2.42. The average molecular weight is 295 g/mol. The minimum Gasteiger partial charge on any atom is -0.478 e. The van der Waals surface area contributed by atoms with Crippen LogP contribution in [-0.2, 0) is 0 Å². The number of hydrogen-bond acceptors (Lipinski definition) is 5. The second-order valence-electron chi connectivity index (χ2n) is 3.99. The number of halogens is 2. The minimum absolute atomic E-state index is 0.0204. The molecule has 1 heterocycles. The summed E-state index contributed by atoms with van der Waals surface area (Å²) in [6, 6.07) is 6.97. The Balaban J connectivity index is 2.14. The lowest BCUT2D eigenvalue weighted by atomic mass is 10.2.